The Kier molecular flexibility index (Phi) is 12.6. The average molecular weight is 757 g/mol. The normalized spacial score (nSPS) is 16.8. The van der Waals surface area contributed by atoms with Gasteiger partial charge in [-0.15, -0.1) is 11.3 Å². The van der Waals surface area contributed by atoms with E-state index in [0.717, 1.165) is 56.6 Å². The number of fused-ring (bicyclic) bond motifs is 2. The number of likely N-dealkylation sites (tertiary alicyclic amines) is 1. The van der Waals surface area contributed by atoms with Crippen molar-refractivity contribution in [3.63, 3.8) is 0 Å². The van der Waals surface area contributed by atoms with Crippen LogP contribution < -0.4 is 4.74 Å². The van der Waals surface area contributed by atoms with Crippen LogP contribution in [0, 0.1) is 0 Å². The average Bonchev–Trinajstić information content (AvgIpc) is 3.52. The zero-order valence-electron chi connectivity index (χ0n) is 31.4. The molecule has 2 heterocycles. The number of aryl methyl sites for hydroxylation is 1. The Morgan fingerprint density at radius 2 is 1.75 bits per heavy atom. The number of thioether (sulfide) groups is 1. The Morgan fingerprint density at radius 1 is 0.981 bits per heavy atom. The second-order valence-electron chi connectivity index (χ2n) is 15.8. The van der Waals surface area contributed by atoms with E-state index in [4.69, 9.17) is 23.9 Å². The summed E-state index contributed by atoms with van der Waals surface area (Å²) in [5.41, 5.74) is 4.06. The minimum Gasteiger partial charge on any atom is -0.467 e. The van der Waals surface area contributed by atoms with Crippen molar-refractivity contribution in [1.29, 1.82) is 0 Å². The summed E-state index contributed by atoms with van der Waals surface area (Å²) in [6.07, 6.45) is 1.25. The maximum Gasteiger partial charge on any atom is 0.410 e. The maximum absolute atomic E-state index is 13.2. The van der Waals surface area contributed by atoms with Gasteiger partial charge in [0.2, 0.25) is 0 Å². The summed E-state index contributed by atoms with van der Waals surface area (Å²) in [5, 5.41) is 2.14. The highest BCUT2D eigenvalue weighted by atomic mass is 32.2. The maximum atomic E-state index is 13.2. The predicted octanol–water partition coefficient (Wildman–Crippen LogP) is 10.8. The molecule has 6 rings (SSSR count). The second-order valence-corrected chi connectivity index (χ2v) is 23.7. The molecule has 1 aliphatic heterocycles. The molecule has 0 bridgehead atoms. The summed E-state index contributed by atoms with van der Waals surface area (Å²) in [5.74, 6) is 1.90. The summed E-state index contributed by atoms with van der Waals surface area (Å²) in [6.45, 7) is 15.1. The number of amides is 1. The van der Waals surface area contributed by atoms with E-state index in [1.165, 1.54) is 15.8 Å². The van der Waals surface area contributed by atoms with Crippen LogP contribution in [-0.4, -0.2) is 68.0 Å². The molecule has 4 aromatic carbocycles. The van der Waals surface area contributed by atoms with Gasteiger partial charge in [0.25, 0.3) is 0 Å². The van der Waals surface area contributed by atoms with Crippen LogP contribution >= 0.6 is 23.1 Å². The molecule has 1 amide bonds. The number of carbonyl (C=O) groups excluding carboxylic acids is 1. The second kappa shape index (κ2) is 17.2. The van der Waals surface area contributed by atoms with Crippen molar-refractivity contribution in [2.24, 2.45) is 0 Å². The molecule has 276 valence electrons. The van der Waals surface area contributed by atoms with Crippen molar-refractivity contribution in [3.8, 4) is 5.75 Å². The molecule has 1 aliphatic rings. The lowest BCUT2D eigenvalue weighted by atomic mass is 9.86. The Bertz CT molecular complexity index is 1900. The van der Waals surface area contributed by atoms with E-state index in [1.54, 1.807) is 16.2 Å². The molecule has 10 heteroatoms. The fraction of sp³-hybridized carbons (Fsp3) is 0.429. The molecule has 1 saturated heterocycles. The van der Waals surface area contributed by atoms with Crippen molar-refractivity contribution in [1.82, 2.24) is 9.88 Å². The van der Waals surface area contributed by atoms with Crippen LogP contribution in [0.1, 0.15) is 49.8 Å². The SMILES string of the molecule is CC(C)(C)OC(=O)N1CCC(c2ccc(CCSc3nc4ccccc4s3)cc2)C(OCc2cc(OCOCC[Si](C)(C)C)c3ccccc3c2)C1. The first-order valence-electron chi connectivity index (χ1n) is 18.3. The van der Waals surface area contributed by atoms with E-state index in [1.807, 2.05) is 50.7 Å². The number of rotatable bonds is 14. The van der Waals surface area contributed by atoms with E-state index in [2.05, 4.69) is 86.4 Å². The number of benzene rings is 4. The molecule has 0 radical (unpaired) electrons. The molecule has 0 N–H and O–H groups in total. The molecule has 5 aromatic rings. The van der Waals surface area contributed by atoms with Crippen LogP contribution in [0.2, 0.25) is 25.7 Å². The number of ether oxygens (including phenoxy) is 4. The lowest BCUT2D eigenvalue weighted by Crippen LogP contribution is -2.48. The van der Waals surface area contributed by atoms with Gasteiger partial charge in [-0.25, -0.2) is 9.78 Å². The van der Waals surface area contributed by atoms with Gasteiger partial charge in [0.05, 0.1) is 29.5 Å². The largest absolute Gasteiger partial charge is 0.467 e. The summed E-state index contributed by atoms with van der Waals surface area (Å²) in [6, 6.07) is 30.9. The first-order valence-corrected chi connectivity index (χ1v) is 23.8. The summed E-state index contributed by atoms with van der Waals surface area (Å²) in [4.78, 5) is 19.8. The van der Waals surface area contributed by atoms with Crippen molar-refractivity contribution in [3.05, 3.63) is 102 Å². The Balaban J connectivity index is 1.13. The molecule has 7 nitrogen and oxygen atoms in total. The van der Waals surface area contributed by atoms with Crippen molar-refractivity contribution >= 4 is 58.3 Å². The van der Waals surface area contributed by atoms with Gasteiger partial charge in [-0.3, -0.25) is 0 Å². The van der Waals surface area contributed by atoms with Crippen LogP contribution in [0.4, 0.5) is 4.79 Å². The first-order chi connectivity index (χ1) is 24.9. The smallest absolute Gasteiger partial charge is 0.410 e. The zero-order chi connectivity index (χ0) is 36.7. The highest BCUT2D eigenvalue weighted by Crippen LogP contribution is 2.34. The number of para-hydroxylation sites is 1. The fourth-order valence-electron chi connectivity index (χ4n) is 6.34. The van der Waals surface area contributed by atoms with Gasteiger partial charge in [0.15, 0.2) is 11.1 Å². The predicted molar refractivity (Wildman–Crippen MR) is 218 cm³/mol. The molecular weight excluding hydrogens is 705 g/mol. The third kappa shape index (κ3) is 10.8. The summed E-state index contributed by atoms with van der Waals surface area (Å²) in [7, 11) is -1.18. The van der Waals surface area contributed by atoms with E-state index >= 15 is 0 Å². The van der Waals surface area contributed by atoms with E-state index < -0.39 is 13.7 Å². The van der Waals surface area contributed by atoms with Gasteiger partial charge in [-0.1, -0.05) is 92.1 Å². The molecule has 52 heavy (non-hydrogen) atoms. The zero-order valence-corrected chi connectivity index (χ0v) is 34.0. The van der Waals surface area contributed by atoms with Crippen molar-refractivity contribution < 1.29 is 23.7 Å². The third-order valence-electron chi connectivity index (χ3n) is 9.15. The Morgan fingerprint density at radius 3 is 2.52 bits per heavy atom. The quantitative estimate of drug-likeness (QED) is 0.0483. The number of hydrogen-bond donors (Lipinski definition) is 0. The molecular formula is C42H52N2O5S2Si. The van der Waals surface area contributed by atoms with Crippen LogP contribution in [0.3, 0.4) is 0 Å². The Hall–Kier alpha value is -3.41. The van der Waals surface area contributed by atoms with Crippen LogP contribution in [0.25, 0.3) is 21.0 Å². The van der Waals surface area contributed by atoms with Gasteiger partial charge < -0.3 is 23.8 Å². The molecule has 0 spiro atoms. The van der Waals surface area contributed by atoms with Crippen LogP contribution in [-0.2, 0) is 27.2 Å². The van der Waals surface area contributed by atoms with E-state index in [9.17, 15) is 4.79 Å². The topological polar surface area (TPSA) is 70.1 Å². The molecule has 2 atom stereocenters. The van der Waals surface area contributed by atoms with Crippen molar-refractivity contribution in [2.75, 3.05) is 32.2 Å². The number of thiazole rings is 1. The van der Waals surface area contributed by atoms with Gasteiger partial charge in [-0.2, -0.15) is 0 Å². The molecule has 0 saturated carbocycles. The molecule has 0 aliphatic carbocycles. The minimum atomic E-state index is -1.18. The van der Waals surface area contributed by atoms with Crippen LogP contribution in [0.5, 0.6) is 5.75 Å². The number of piperidine rings is 1. The monoisotopic (exact) mass is 756 g/mol. The Labute approximate surface area is 318 Å². The van der Waals surface area contributed by atoms with E-state index in [0.29, 0.717) is 26.3 Å². The standard InChI is InChI=1S/C42H52N2O5S2Si/c1-42(2,3)49-41(45)44-21-19-35(32-17-15-30(16-18-32)20-23-50-40-43-36-13-9-10-14-39(36)51-40)38(27-44)47-28-31-25-33-11-7-8-12-34(33)37(26-31)48-29-46-22-24-52(4,5)6/h7-18,25-26,35,38H,19-24,27-29H2,1-6H3. The molecule has 2 unspecified atom stereocenters. The molecule has 1 aromatic heterocycles. The summed E-state index contributed by atoms with van der Waals surface area (Å²) < 4.78 is 26.9. The highest BCUT2D eigenvalue weighted by Gasteiger charge is 2.35. The summed E-state index contributed by atoms with van der Waals surface area (Å²) >= 11 is 3.58. The van der Waals surface area contributed by atoms with Gasteiger partial charge >= 0.3 is 6.09 Å². The van der Waals surface area contributed by atoms with E-state index in [-0.39, 0.29) is 24.9 Å². The van der Waals surface area contributed by atoms with Crippen molar-refractivity contribution in [2.45, 2.75) is 87.9 Å². The highest BCUT2D eigenvalue weighted by molar-refractivity contribution is 8.01. The third-order valence-corrected chi connectivity index (χ3v) is 13.0. The van der Waals surface area contributed by atoms with Gasteiger partial charge in [0, 0.05) is 38.3 Å². The number of aromatic nitrogens is 1. The van der Waals surface area contributed by atoms with Gasteiger partial charge in [-0.05, 0) is 86.0 Å². The number of carbonyl (C=O) groups is 1. The first kappa shape index (κ1) is 38.3. The minimum absolute atomic E-state index is 0.140. The number of hydrogen-bond acceptors (Lipinski definition) is 8. The molecule has 1 fully saturated rings. The lowest BCUT2D eigenvalue weighted by Gasteiger charge is -2.39. The van der Waals surface area contributed by atoms with Gasteiger partial charge in [0.1, 0.15) is 11.4 Å². The lowest BCUT2D eigenvalue weighted by molar-refractivity contribution is -0.0360. The number of nitrogens with zero attached hydrogens (tertiary/aromatic N) is 2. The van der Waals surface area contributed by atoms with Crippen LogP contribution in [0.15, 0.2) is 89.3 Å². The fourth-order valence-corrected chi connectivity index (χ4v) is 9.23.